The lowest BCUT2D eigenvalue weighted by molar-refractivity contribution is -0.135. The molecule has 4 aliphatic heterocycles. The molecule has 8 heteroatoms. The van der Waals surface area contributed by atoms with Gasteiger partial charge in [-0.3, -0.25) is 14.5 Å². The standard InChI is InChI=1S/C22H41N5O3/c1-29-16-20-14-19(25-30-20)12-18-15-23-7-5-17(18)13-22(28)27-10-8-26(9-11-27)21-4-2-3-6-24-21/h17-21,23-25H,2-16H2,1H3. The van der Waals surface area contributed by atoms with Gasteiger partial charge in [0.05, 0.1) is 12.8 Å². The number of amides is 1. The Bertz CT molecular complexity index is 537. The van der Waals surface area contributed by atoms with Crippen LogP contribution in [0.5, 0.6) is 0 Å². The van der Waals surface area contributed by atoms with Gasteiger partial charge in [0.15, 0.2) is 0 Å². The summed E-state index contributed by atoms with van der Waals surface area (Å²) in [4.78, 5) is 23.4. The molecule has 0 bridgehead atoms. The van der Waals surface area contributed by atoms with Crippen molar-refractivity contribution in [2.75, 3.05) is 59.5 Å². The molecule has 4 fully saturated rings. The summed E-state index contributed by atoms with van der Waals surface area (Å²) in [6.45, 7) is 7.56. The minimum absolute atomic E-state index is 0.145. The second kappa shape index (κ2) is 11.2. The normalized spacial score (nSPS) is 36.2. The first-order chi connectivity index (χ1) is 14.7. The Morgan fingerprint density at radius 3 is 2.73 bits per heavy atom. The van der Waals surface area contributed by atoms with E-state index < -0.39 is 0 Å². The average Bonchev–Trinajstić information content (AvgIpc) is 3.23. The lowest BCUT2D eigenvalue weighted by atomic mass is 9.79. The van der Waals surface area contributed by atoms with Crippen molar-refractivity contribution in [2.24, 2.45) is 11.8 Å². The first kappa shape index (κ1) is 22.4. The molecular weight excluding hydrogens is 382 g/mol. The van der Waals surface area contributed by atoms with E-state index in [-0.39, 0.29) is 6.10 Å². The van der Waals surface area contributed by atoms with Crippen molar-refractivity contribution in [1.82, 2.24) is 25.9 Å². The van der Waals surface area contributed by atoms with Crippen molar-refractivity contribution in [3.63, 3.8) is 0 Å². The minimum Gasteiger partial charge on any atom is -0.382 e. The van der Waals surface area contributed by atoms with Crippen LogP contribution in [0.25, 0.3) is 0 Å². The van der Waals surface area contributed by atoms with Crippen molar-refractivity contribution in [3.8, 4) is 0 Å². The van der Waals surface area contributed by atoms with E-state index in [9.17, 15) is 4.79 Å². The molecule has 8 nitrogen and oxygen atoms in total. The van der Waals surface area contributed by atoms with Gasteiger partial charge in [0, 0.05) is 45.8 Å². The van der Waals surface area contributed by atoms with E-state index in [4.69, 9.17) is 9.57 Å². The van der Waals surface area contributed by atoms with E-state index in [0.29, 0.717) is 43.0 Å². The molecule has 5 atom stereocenters. The quantitative estimate of drug-likeness (QED) is 0.552. The fourth-order valence-corrected chi connectivity index (χ4v) is 5.71. The van der Waals surface area contributed by atoms with Gasteiger partial charge in [-0.15, -0.1) is 0 Å². The lowest BCUT2D eigenvalue weighted by Crippen LogP contribution is -2.57. The van der Waals surface area contributed by atoms with E-state index >= 15 is 0 Å². The maximum atomic E-state index is 13.1. The summed E-state index contributed by atoms with van der Waals surface area (Å²) in [5.74, 6) is 1.36. The predicted molar refractivity (Wildman–Crippen MR) is 116 cm³/mol. The molecule has 0 spiro atoms. The molecule has 4 rings (SSSR count). The first-order valence-electron chi connectivity index (χ1n) is 12.1. The number of carbonyl (C=O) groups excluding carboxylic acids is 1. The highest BCUT2D eigenvalue weighted by Crippen LogP contribution is 2.30. The Balaban J connectivity index is 1.22. The molecule has 0 saturated carbocycles. The maximum Gasteiger partial charge on any atom is 0.222 e. The van der Waals surface area contributed by atoms with Gasteiger partial charge in [0.2, 0.25) is 5.91 Å². The number of carbonyl (C=O) groups is 1. The number of nitrogens with one attached hydrogen (secondary N) is 3. The lowest BCUT2D eigenvalue weighted by Gasteiger charge is -2.42. The minimum atomic E-state index is 0.145. The zero-order chi connectivity index (χ0) is 20.8. The summed E-state index contributed by atoms with van der Waals surface area (Å²) >= 11 is 0. The number of ether oxygens (including phenoxy) is 1. The largest absolute Gasteiger partial charge is 0.382 e. The van der Waals surface area contributed by atoms with E-state index in [1.54, 1.807) is 7.11 Å². The van der Waals surface area contributed by atoms with Gasteiger partial charge < -0.3 is 20.3 Å². The van der Waals surface area contributed by atoms with Gasteiger partial charge in [-0.05, 0) is 70.0 Å². The molecule has 3 N–H and O–H groups in total. The zero-order valence-electron chi connectivity index (χ0n) is 18.6. The molecule has 172 valence electrons. The highest BCUT2D eigenvalue weighted by Gasteiger charge is 2.34. The summed E-state index contributed by atoms with van der Waals surface area (Å²) in [6.07, 6.45) is 8.37. The molecule has 0 radical (unpaired) electrons. The van der Waals surface area contributed by atoms with Gasteiger partial charge in [-0.1, -0.05) is 0 Å². The molecule has 4 aliphatic rings. The molecule has 5 unspecified atom stereocenters. The number of piperazine rings is 1. The van der Waals surface area contributed by atoms with Crippen LogP contribution < -0.4 is 16.1 Å². The van der Waals surface area contributed by atoms with E-state index in [2.05, 4.69) is 25.9 Å². The van der Waals surface area contributed by atoms with E-state index in [1.165, 1.54) is 19.3 Å². The molecule has 4 saturated heterocycles. The Morgan fingerprint density at radius 2 is 1.97 bits per heavy atom. The number of nitrogens with zero attached hydrogens (tertiary/aromatic N) is 2. The smallest absolute Gasteiger partial charge is 0.222 e. The second-order valence-electron chi connectivity index (χ2n) is 9.58. The monoisotopic (exact) mass is 423 g/mol. The second-order valence-corrected chi connectivity index (χ2v) is 9.58. The Labute approximate surface area is 181 Å². The predicted octanol–water partition coefficient (Wildman–Crippen LogP) is 0.545. The number of hydrogen-bond donors (Lipinski definition) is 3. The number of hydrogen-bond acceptors (Lipinski definition) is 7. The Hall–Kier alpha value is -0.770. The highest BCUT2D eigenvalue weighted by atomic mass is 16.7. The molecule has 0 aromatic carbocycles. The third kappa shape index (κ3) is 5.93. The third-order valence-electron chi connectivity index (χ3n) is 7.48. The maximum absolute atomic E-state index is 13.1. The van der Waals surface area contributed by atoms with Crippen LogP contribution >= 0.6 is 0 Å². The zero-order valence-corrected chi connectivity index (χ0v) is 18.6. The SMILES string of the molecule is COCC1CC(CC2CNCCC2CC(=O)N2CCN(C3CCCCN3)CC2)NO1. The van der Waals surface area contributed by atoms with Crippen LogP contribution in [0, 0.1) is 11.8 Å². The number of hydroxylamine groups is 1. The van der Waals surface area contributed by atoms with Gasteiger partial charge >= 0.3 is 0 Å². The van der Waals surface area contributed by atoms with Gasteiger partial charge in [-0.25, -0.2) is 0 Å². The third-order valence-corrected chi connectivity index (χ3v) is 7.48. The number of piperidine rings is 2. The van der Waals surface area contributed by atoms with Crippen molar-refractivity contribution < 1.29 is 14.4 Å². The van der Waals surface area contributed by atoms with Crippen LogP contribution in [-0.4, -0.2) is 93.5 Å². The Kier molecular flexibility index (Phi) is 8.37. The fourth-order valence-electron chi connectivity index (χ4n) is 5.71. The molecule has 0 aromatic rings. The van der Waals surface area contributed by atoms with E-state index in [0.717, 1.165) is 65.1 Å². The van der Waals surface area contributed by atoms with Crippen molar-refractivity contribution in [1.29, 1.82) is 0 Å². The summed E-state index contributed by atoms with van der Waals surface area (Å²) in [5, 5.41) is 7.18. The molecule has 1 amide bonds. The molecule has 0 aromatic heterocycles. The summed E-state index contributed by atoms with van der Waals surface area (Å²) in [7, 11) is 1.72. The summed E-state index contributed by atoms with van der Waals surface area (Å²) in [6, 6.07) is 0.360. The Morgan fingerprint density at radius 1 is 1.10 bits per heavy atom. The molecule has 30 heavy (non-hydrogen) atoms. The molecule has 4 heterocycles. The van der Waals surface area contributed by atoms with Crippen LogP contribution in [0.1, 0.15) is 44.9 Å². The first-order valence-corrected chi connectivity index (χ1v) is 12.1. The van der Waals surface area contributed by atoms with Crippen molar-refractivity contribution >= 4 is 5.91 Å². The van der Waals surface area contributed by atoms with Crippen molar-refractivity contribution in [2.45, 2.75) is 63.3 Å². The van der Waals surface area contributed by atoms with Crippen LogP contribution in [0.15, 0.2) is 0 Å². The van der Waals surface area contributed by atoms with Gasteiger partial charge in [0.1, 0.15) is 6.10 Å². The molecular formula is C22H41N5O3. The average molecular weight is 424 g/mol. The van der Waals surface area contributed by atoms with Crippen LogP contribution in [0.4, 0.5) is 0 Å². The van der Waals surface area contributed by atoms with Crippen LogP contribution in [0.2, 0.25) is 0 Å². The van der Waals surface area contributed by atoms with Crippen LogP contribution in [-0.2, 0) is 14.4 Å². The van der Waals surface area contributed by atoms with Crippen molar-refractivity contribution in [3.05, 3.63) is 0 Å². The van der Waals surface area contributed by atoms with E-state index in [1.807, 2.05) is 0 Å². The van der Waals surface area contributed by atoms with Crippen LogP contribution in [0.3, 0.4) is 0 Å². The van der Waals surface area contributed by atoms with Gasteiger partial charge in [0.25, 0.3) is 0 Å². The molecule has 0 aliphatic carbocycles. The number of methoxy groups -OCH3 is 1. The summed E-state index contributed by atoms with van der Waals surface area (Å²) in [5.41, 5.74) is 3.20. The number of rotatable bonds is 7. The highest BCUT2D eigenvalue weighted by molar-refractivity contribution is 5.76. The topological polar surface area (TPSA) is 78.1 Å². The summed E-state index contributed by atoms with van der Waals surface area (Å²) < 4.78 is 5.22. The fraction of sp³-hybridized carbons (Fsp3) is 0.955. The van der Waals surface area contributed by atoms with Gasteiger partial charge in [-0.2, -0.15) is 5.48 Å².